The number of nitrogens with one attached hydrogen (secondary N) is 1. The van der Waals surface area contributed by atoms with Gasteiger partial charge in [-0.1, -0.05) is 70.9 Å². The quantitative estimate of drug-likeness (QED) is 0.599. The predicted octanol–water partition coefficient (Wildman–Crippen LogP) is 5.30. The highest BCUT2D eigenvalue weighted by molar-refractivity contribution is 9.11. The van der Waals surface area contributed by atoms with Crippen LogP contribution in [0.4, 0.5) is 0 Å². The van der Waals surface area contributed by atoms with Crippen molar-refractivity contribution in [3.63, 3.8) is 0 Å². The summed E-state index contributed by atoms with van der Waals surface area (Å²) in [4.78, 5) is 11.9. The van der Waals surface area contributed by atoms with Crippen molar-refractivity contribution in [2.75, 3.05) is 6.54 Å². The normalized spacial score (nSPS) is 10.5. The Hall–Kier alpha value is -0.350. The van der Waals surface area contributed by atoms with Gasteiger partial charge < -0.3 is 5.32 Å². The summed E-state index contributed by atoms with van der Waals surface area (Å²) in [5.41, 5.74) is 0.687. The molecule has 0 aliphatic rings. The summed E-state index contributed by atoms with van der Waals surface area (Å²) in [6.45, 7) is 2.98. The molecule has 0 saturated carbocycles. The van der Waals surface area contributed by atoms with Crippen LogP contribution in [0.15, 0.2) is 27.1 Å². The third-order valence-corrected chi connectivity index (χ3v) is 3.86. The minimum atomic E-state index is -0.00411. The van der Waals surface area contributed by atoms with E-state index >= 15 is 0 Å². The molecule has 1 aromatic rings. The second-order valence-corrected chi connectivity index (χ2v) is 6.51. The van der Waals surface area contributed by atoms with Crippen molar-refractivity contribution < 1.29 is 4.79 Å². The van der Waals surface area contributed by atoms with Gasteiger partial charge in [0.1, 0.15) is 0 Å². The topological polar surface area (TPSA) is 29.1 Å². The number of carbonyl (C=O) groups is 1. The van der Waals surface area contributed by atoms with Gasteiger partial charge in [0.2, 0.25) is 0 Å². The zero-order valence-electron chi connectivity index (χ0n) is 11.3. The lowest BCUT2D eigenvalue weighted by Crippen LogP contribution is -2.24. The fourth-order valence-corrected chi connectivity index (χ4v) is 3.19. The van der Waals surface area contributed by atoms with Crippen LogP contribution in [0.2, 0.25) is 0 Å². The molecule has 0 saturated heterocycles. The molecule has 0 aliphatic heterocycles. The Kier molecular flexibility index (Phi) is 8.38. The van der Waals surface area contributed by atoms with Gasteiger partial charge in [0.25, 0.3) is 5.91 Å². The van der Waals surface area contributed by atoms with Crippen LogP contribution in [-0.4, -0.2) is 12.5 Å². The van der Waals surface area contributed by atoms with Gasteiger partial charge >= 0.3 is 0 Å². The van der Waals surface area contributed by atoms with Gasteiger partial charge in [-0.25, -0.2) is 0 Å². The van der Waals surface area contributed by atoms with E-state index in [1.165, 1.54) is 32.1 Å². The molecule has 1 aromatic carbocycles. The van der Waals surface area contributed by atoms with Gasteiger partial charge in [0.05, 0.1) is 0 Å². The van der Waals surface area contributed by atoms with Crippen LogP contribution < -0.4 is 5.32 Å². The maximum absolute atomic E-state index is 11.9. The Morgan fingerprint density at radius 1 is 1.00 bits per heavy atom. The molecule has 0 atom stereocenters. The minimum absolute atomic E-state index is 0.00411. The van der Waals surface area contributed by atoms with Crippen LogP contribution in [0.5, 0.6) is 0 Å². The highest BCUT2D eigenvalue weighted by atomic mass is 79.9. The first-order valence-electron chi connectivity index (χ1n) is 6.87. The first kappa shape index (κ1) is 16.7. The summed E-state index contributed by atoms with van der Waals surface area (Å²) in [6.07, 6.45) is 7.43. The molecule has 4 heteroatoms. The largest absolute Gasteiger partial charge is 0.352 e. The van der Waals surface area contributed by atoms with Crippen molar-refractivity contribution in [3.05, 3.63) is 32.7 Å². The molecule has 106 valence electrons. The molecule has 0 heterocycles. The average molecular weight is 391 g/mol. The second kappa shape index (κ2) is 9.54. The third kappa shape index (κ3) is 7.11. The van der Waals surface area contributed by atoms with Gasteiger partial charge in [0.15, 0.2) is 0 Å². The van der Waals surface area contributed by atoms with Crippen LogP contribution in [0.25, 0.3) is 0 Å². The summed E-state index contributed by atoms with van der Waals surface area (Å²) in [6, 6.07) is 5.59. The third-order valence-electron chi connectivity index (χ3n) is 2.94. The van der Waals surface area contributed by atoms with Crippen molar-refractivity contribution >= 4 is 37.8 Å². The van der Waals surface area contributed by atoms with Crippen molar-refractivity contribution in [1.29, 1.82) is 0 Å². The zero-order valence-corrected chi connectivity index (χ0v) is 14.5. The molecule has 1 amide bonds. The number of hydrogen-bond acceptors (Lipinski definition) is 1. The highest BCUT2D eigenvalue weighted by Crippen LogP contribution is 2.20. The Balaban J connectivity index is 2.24. The zero-order chi connectivity index (χ0) is 14.1. The number of hydrogen-bond donors (Lipinski definition) is 1. The molecule has 1 N–H and O–H groups in total. The van der Waals surface area contributed by atoms with E-state index in [4.69, 9.17) is 0 Å². The number of benzene rings is 1. The van der Waals surface area contributed by atoms with E-state index < -0.39 is 0 Å². The van der Waals surface area contributed by atoms with E-state index in [1.54, 1.807) is 0 Å². The molecule has 0 aliphatic carbocycles. The summed E-state index contributed by atoms with van der Waals surface area (Å²) in [7, 11) is 0. The predicted molar refractivity (Wildman–Crippen MR) is 87.6 cm³/mol. The minimum Gasteiger partial charge on any atom is -0.352 e. The van der Waals surface area contributed by atoms with E-state index in [-0.39, 0.29) is 5.91 Å². The lowest BCUT2D eigenvalue weighted by Gasteiger charge is -2.06. The molecule has 0 bridgehead atoms. The highest BCUT2D eigenvalue weighted by Gasteiger charge is 2.06. The van der Waals surface area contributed by atoms with Crippen molar-refractivity contribution in [2.45, 2.75) is 45.4 Å². The van der Waals surface area contributed by atoms with Crippen LogP contribution in [0, 0.1) is 0 Å². The summed E-state index contributed by atoms with van der Waals surface area (Å²) >= 11 is 6.78. The molecule has 0 radical (unpaired) electrons. The molecular formula is C15H21Br2NO. The van der Waals surface area contributed by atoms with Crippen LogP contribution >= 0.6 is 31.9 Å². The van der Waals surface area contributed by atoms with E-state index in [9.17, 15) is 4.79 Å². The smallest absolute Gasteiger partial charge is 0.251 e. The summed E-state index contributed by atoms with van der Waals surface area (Å²) < 4.78 is 1.82. The Labute approximate surface area is 132 Å². The molecule has 0 unspecified atom stereocenters. The first-order valence-corrected chi connectivity index (χ1v) is 8.46. The molecular weight excluding hydrogens is 370 g/mol. The molecule has 1 rings (SSSR count). The van der Waals surface area contributed by atoms with Crippen molar-refractivity contribution in [1.82, 2.24) is 5.32 Å². The van der Waals surface area contributed by atoms with E-state index in [0.717, 1.165) is 21.9 Å². The fraction of sp³-hybridized carbons (Fsp3) is 0.533. The monoisotopic (exact) mass is 389 g/mol. The van der Waals surface area contributed by atoms with Gasteiger partial charge in [-0.15, -0.1) is 0 Å². The number of amides is 1. The standard InChI is InChI=1S/C15H21Br2NO/c1-2-3-4-5-6-7-8-18-15(19)12-9-13(16)11-14(17)10-12/h9-11H,2-8H2,1H3,(H,18,19). The number of unbranched alkanes of at least 4 members (excludes halogenated alkanes) is 5. The van der Waals surface area contributed by atoms with Gasteiger partial charge in [-0.3, -0.25) is 4.79 Å². The molecule has 2 nitrogen and oxygen atoms in total. The van der Waals surface area contributed by atoms with Crippen LogP contribution in [0.1, 0.15) is 55.8 Å². The number of carbonyl (C=O) groups excluding carboxylic acids is 1. The van der Waals surface area contributed by atoms with Crippen molar-refractivity contribution in [3.8, 4) is 0 Å². The average Bonchev–Trinajstić information content (AvgIpc) is 2.36. The van der Waals surface area contributed by atoms with Crippen molar-refractivity contribution in [2.24, 2.45) is 0 Å². The lowest BCUT2D eigenvalue weighted by atomic mass is 10.1. The second-order valence-electron chi connectivity index (χ2n) is 4.68. The SMILES string of the molecule is CCCCCCCCNC(=O)c1cc(Br)cc(Br)c1. The van der Waals surface area contributed by atoms with E-state index in [0.29, 0.717) is 5.56 Å². The Bertz CT molecular complexity index is 387. The van der Waals surface area contributed by atoms with Crippen LogP contribution in [0.3, 0.4) is 0 Å². The maximum Gasteiger partial charge on any atom is 0.251 e. The summed E-state index contributed by atoms with van der Waals surface area (Å²) in [5.74, 6) is -0.00411. The molecule has 0 fully saturated rings. The molecule has 0 spiro atoms. The number of rotatable bonds is 8. The van der Waals surface area contributed by atoms with Gasteiger partial charge in [0, 0.05) is 21.1 Å². The molecule has 19 heavy (non-hydrogen) atoms. The van der Waals surface area contributed by atoms with Crippen LogP contribution in [-0.2, 0) is 0 Å². The molecule has 0 aromatic heterocycles. The van der Waals surface area contributed by atoms with Gasteiger partial charge in [-0.05, 0) is 24.6 Å². The summed E-state index contributed by atoms with van der Waals surface area (Å²) in [5, 5.41) is 2.96. The van der Waals surface area contributed by atoms with Gasteiger partial charge in [-0.2, -0.15) is 0 Å². The fourth-order valence-electron chi connectivity index (χ4n) is 1.89. The Morgan fingerprint density at radius 3 is 2.21 bits per heavy atom. The lowest BCUT2D eigenvalue weighted by molar-refractivity contribution is 0.0953. The Morgan fingerprint density at radius 2 is 1.58 bits per heavy atom. The maximum atomic E-state index is 11.9. The van der Waals surface area contributed by atoms with E-state index in [2.05, 4.69) is 44.1 Å². The van der Waals surface area contributed by atoms with E-state index in [1.807, 2.05) is 18.2 Å². The number of halogens is 2. The first-order chi connectivity index (χ1) is 9.13.